The predicted molar refractivity (Wildman–Crippen MR) is 155 cm³/mol. The molecule has 0 radical (unpaired) electrons. The lowest BCUT2D eigenvalue weighted by molar-refractivity contribution is 0.0636. The number of hydrogen-bond donors (Lipinski definition) is 3. The number of halogens is 2. The first-order chi connectivity index (χ1) is 18.1. The summed E-state index contributed by atoms with van der Waals surface area (Å²) in [6, 6.07) is 14.6. The fourth-order valence-electron chi connectivity index (χ4n) is 4.46. The van der Waals surface area contributed by atoms with Gasteiger partial charge >= 0.3 is 6.09 Å². The Bertz CT molecular complexity index is 1280. The van der Waals surface area contributed by atoms with Crippen LogP contribution in [0.2, 0.25) is 10.3 Å². The Labute approximate surface area is 234 Å². The van der Waals surface area contributed by atoms with Crippen molar-refractivity contribution >= 4 is 52.2 Å². The molecular formula is C28H34Cl2N6O2. The fourth-order valence-corrected chi connectivity index (χ4v) is 4.73. The number of anilines is 4. The number of hydrogen-bond acceptors (Lipinski definition) is 7. The summed E-state index contributed by atoms with van der Waals surface area (Å²) in [5, 5.41) is 10.0. The van der Waals surface area contributed by atoms with Crippen molar-refractivity contribution in [3.63, 3.8) is 0 Å². The van der Waals surface area contributed by atoms with Crippen molar-refractivity contribution in [1.82, 2.24) is 15.3 Å². The van der Waals surface area contributed by atoms with Crippen LogP contribution in [0.15, 0.2) is 48.7 Å². The second kappa shape index (κ2) is 12.2. The Morgan fingerprint density at radius 3 is 2.68 bits per heavy atom. The van der Waals surface area contributed by atoms with E-state index in [1.807, 2.05) is 52.1 Å². The maximum Gasteiger partial charge on any atom is 0.412 e. The topological polar surface area (TPSA) is 91.4 Å². The minimum absolute atomic E-state index is 0.129. The highest BCUT2D eigenvalue weighted by Gasteiger charge is 2.23. The number of ether oxygens (including phenoxy) is 1. The molecule has 1 aromatic heterocycles. The van der Waals surface area contributed by atoms with Crippen molar-refractivity contribution in [2.75, 3.05) is 35.7 Å². The number of rotatable bonds is 8. The van der Waals surface area contributed by atoms with Gasteiger partial charge in [0, 0.05) is 36.2 Å². The van der Waals surface area contributed by atoms with Gasteiger partial charge in [0.05, 0.1) is 6.20 Å². The Hall–Kier alpha value is -3.07. The number of benzene rings is 2. The summed E-state index contributed by atoms with van der Waals surface area (Å²) in [6.45, 7) is 7.48. The Morgan fingerprint density at radius 1 is 1.13 bits per heavy atom. The van der Waals surface area contributed by atoms with Gasteiger partial charge in [0.15, 0.2) is 5.82 Å². The van der Waals surface area contributed by atoms with Crippen LogP contribution in [0.5, 0.6) is 0 Å². The number of carbonyl (C=O) groups is 1. The van der Waals surface area contributed by atoms with Gasteiger partial charge in [-0.05, 0) is 100 Å². The van der Waals surface area contributed by atoms with E-state index in [1.165, 1.54) is 17.4 Å². The number of nitrogens with one attached hydrogen (secondary N) is 3. The molecule has 1 amide bonds. The number of aryl methyl sites for hydroxylation is 2. The molecule has 4 rings (SSSR count). The zero-order valence-corrected chi connectivity index (χ0v) is 23.7. The largest absolute Gasteiger partial charge is 0.444 e. The first-order valence-electron chi connectivity index (χ1n) is 12.7. The number of carbonyl (C=O) groups excluding carboxylic acids is 1. The third-order valence-electron chi connectivity index (χ3n) is 6.25. The van der Waals surface area contributed by atoms with Crippen molar-refractivity contribution in [3.8, 4) is 0 Å². The zero-order valence-electron chi connectivity index (χ0n) is 22.1. The van der Waals surface area contributed by atoms with Gasteiger partial charge < -0.3 is 20.3 Å². The highest BCUT2D eigenvalue weighted by Crippen LogP contribution is 2.31. The average molecular weight is 558 g/mol. The molecule has 1 unspecified atom stereocenters. The van der Waals surface area contributed by atoms with Crippen LogP contribution < -0.4 is 20.9 Å². The van der Waals surface area contributed by atoms with E-state index in [-0.39, 0.29) is 5.28 Å². The van der Waals surface area contributed by atoms with E-state index in [1.54, 1.807) is 0 Å². The van der Waals surface area contributed by atoms with Crippen molar-refractivity contribution in [3.05, 3.63) is 70.1 Å². The first kappa shape index (κ1) is 28.0. The van der Waals surface area contributed by atoms with Crippen LogP contribution in [0.25, 0.3) is 0 Å². The van der Waals surface area contributed by atoms with Gasteiger partial charge in [0.1, 0.15) is 10.6 Å². The van der Waals surface area contributed by atoms with Crippen LogP contribution in [-0.4, -0.2) is 47.8 Å². The maximum atomic E-state index is 12.2. The highest BCUT2D eigenvalue weighted by molar-refractivity contribution is 6.33. The molecule has 202 valence electrons. The van der Waals surface area contributed by atoms with Crippen LogP contribution in [0, 0.1) is 0 Å². The molecule has 0 aliphatic carbocycles. The summed E-state index contributed by atoms with van der Waals surface area (Å²) in [7, 11) is 2.01. The van der Waals surface area contributed by atoms with E-state index in [9.17, 15) is 4.79 Å². The molecule has 38 heavy (non-hydrogen) atoms. The monoisotopic (exact) mass is 556 g/mol. The van der Waals surface area contributed by atoms with Crippen molar-refractivity contribution in [2.24, 2.45) is 0 Å². The second-order valence-corrected chi connectivity index (χ2v) is 11.1. The van der Waals surface area contributed by atoms with E-state index in [2.05, 4.69) is 49.0 Å². The molecule has 1 fully saturated rings. The lowest BCUT2D eigenvalue weighted by Gasteiger charge is -2.23. The van der Waals surface area contributed by atoms with Gasteiger partial charge in [0.25, 0.3) is 0 Å². The fraction of sp³-hybridized carbons (Fsp3) is 0.393. The summed E-state index contributed by atoms with van der Waals surface area (Å²) in [4.78, 5) is 22.8. The summed E-state index contributed by atoms with van der Waals surface area (Å²) in [6.07, 6.45) is 3.72. The Kier molecular flexibility index (Phi) is 8.97. The summed E-state index contributed by atoms with van der Waals surface area (Å²) in [5.74, 6) is 0.461. The van der Waals surface area contributed by atoms with E-state index in [0.717, 1.165) is 43.6 Å². The van der Waals surface area contributed by atoms with Crippen LogP contribution in [0.4, 0.5) is 27.7 Å². The van der Waals surface area contributed by atoms with Gasteiger partial charge in [-0.3, -0.25) is 5.32 Å². The van der Waals surface area contributed by atoms with Gasteiger partial charge in [0.2, 0.25) is 5.28 Å². The molecule has 1 atom stereocenters. The first-order valence-corrected chi connectivity index (χ1v) is 13.4. The molecule has 1 aliphatic rings. The minimum Gasteiger partial charge on any atom is -0.444 e. The number of aromatic nitrogens is 2. The van der Waals surface area contributed by atoms with Crippen molar-refractivity contribution in [1.29, 1.82) is 0 Å². The van der Waals surface area contributed by atoms with Crippen LogP contribution in [0.1, 0.15) is 38.3 Å². The normalized spacial score (nSPS) is 15.4. The van der Waals surface area contributed by atoms with Gasteiger partial charge in [-0.25, -0.2) is 9.78 Å². The molecule has 8 nitrogen and oxygen atoms in total. The third-order valence-corrected chi connectivity index (χ3v) is 6.71. The lowest BCUT2D eigenvalue weighted by Crippen LogP contribution is -2.30. The molecule has 0 bridgehead atoms. The van der Waals surface area contributed by atoms with E-state index in [0.29, 0.717) is 22.6 Å². The molecular weight excluding hydrogens is 523 g/mol. The van der Waals surface area contributed by atoms with Crippen molar-refractivity contribution < 1.29 is 9.53 Å². The Balaban J connectivity index is 1.53. The van der Waals surface area contributed by atoms with E-state index >= 15 is 0 Å². The number of nitrogens with zero attached hydrogens (tertiary/aromatic N) is 3. The molecule has 0 saturated carbocycles. The molecule has 10 heteroatoms. The van der Waals surface area contributed by atoms with Gasteiger partial charge in [-0.15, -0.1) is 0 Å². The number of amides is 1. The molecule has 3 N–H and O–H groups in total. The predicted octanol–water partition coefficient (Wildman–Crippen LogP) is 6.46. The van der Waals surface area contributed by atoms with Crippen molar-refractivity contribution in [2.45, 2.75) is 51.7 Å². The minimum atomic E-state index is -0.555. The van der Waals surface area contributed by atoms with Gasteiger partial charge in [-0.2, -0.15) is 4.98 Å². The molecule has 2 heterocycles. The summed E-state index contributed by atoms with van der Waals surface area (Å²) >= 11 is 12.3. The maximum absolute atomic E-state index is 12.2. The smallest absolute Gasteiger partial charge is 0.412 e. The van der Waals surface area contributed by atoms with Gasteiger partial charge in [-0.1, -0.05) is 23.7 Å². The average Bonchev–Trinajstić information content (AvgIpc) is 3.33. The Morgan fingerprint density at radius 2 is 1.95 bits per heavy atom. The standard InChI is InChI=1S/C28H34Cl2N6O2/c1-28(2,3)38-27(37)34-20-7-5-6-18(14-20)8-9-19-15-21(33-25-23(29)16-32-26(30)35-25)10-11-24(19)36-13-12-22(17-36)31-4/h5-7,10-11,14-16,22,31H,8-9,12-13,17H2,1-4H3,(H,34,37)(H,32,33,35). The van der Waals surface area contributed by atoms with Crippen LogP contribution >= 0.6 is 23.2 Å². The zero-order chi connectivity index (χ0) is 27.3. The van der Waals surface area contributed by atoms with E-state index in [4.69, 9.17) is 27.9 Å². The summed E-state index contributed by atoms with van der Waals surface area (Å²) < 4.78 is 5.38. The summed E-state index contributed by atoms with van der Waals surface area (Å²) in [5.41, 5.74) is 4.55. The SMILES string of the molecule is CNC1CCN(c2ccc(Nc3nc(Cl)ncc3Cl)cc2CCc2cccc(NC(=O)OC(C)(C)C)c2)C1. The quantitative estimate of drug-likeness (QED) is 0.274. The van der Waals surface area contributed by atoms with Crippen LogP contribution in [-0.2, 0) is 17.6 Å². The second-order valence-electron chi connectivity index (χ2n) is 10.4. The highest BCUT2D eigenvalue weighted by atomic mass is 35.5. The van der Waals surface area contributed by atoms with Crippen LogP contribution in [0.3, 0.4) is 0 Å². The molecule has 2 aromatic carbocycles. The molecule has 3 aromatic rings. The lowest BCUT2D eigenvalue weighted by atomic mass is 10.0. The third kappa shape index (κ3) is 7.72. The number of likely N-dealkylation sites (N-methyl/N-ethyl adjacent to an activating group) is 1. The molecule has 0 spiro atoms. The molecule has 1 saturated heterocycles. The van der Waals surface area contributed by atoms with E-state index < -0.39 is 11.7 Å². The molecule has 1 aliphatic heterocycles.